The first-order chi connectivity index (χ1) is 8.41. The predicted molar refractivity (Wildman–Crippen MR) is 75.4 cm³/mol. The lowest BCUT2D eigenvalue weighted by Crippen LogP contribution is -2.06. The van der Waals surface area contributed by atoms with Crippen LogP contribution in [0.4, 0.5) is 0 Å². The van der Waals surface area contributed by atoms with Gasteiger partial charge in [-0.05, 0) is 37.8 Å². The van der Waals surface area contributed by atoms with Gasteiger partial charge in [-0.25, -0.2) is 0 Å². The summed E-state index contributed by atoms with van der Waals surface area (Å²) in [6.07, 6.45) is 2.01. The van der Waals surface area contributed by atoms with Gasteiger partial charge in [0.05, 0.1) is 5.60 Å². The first kappa shape index (κ1) is 15.4. The van der Waals surface area contributed by atoms with Crippen molar-refractivity contribution in [1.82, 2.24) is 0 Å². The topological polar surface area (TPSA) is 38.7 Å². The summed E-state index contributed by atoms with van der Waals surface area (Å²) >= 11 is 0. The lowest BCUT2D eigenvalue weighted by Gasteiger charge is -2.15. The molecule has 1 fully saturated rings. The molecular formula is C14H23O3P. The molecule has 1 unspecified atom stereocenters. The van der Waals surface area contributed by atoms with Gasteiger partial charge in [0.15, 0.2) is 0 Å². The van der Waals surface area contributed by atoms with Crippen LogP contribution >= 0.6 is 8.60 Å². The lowest BCUT2D eigenvalue weighted by molar-refractivity contribution is 0.171. The summed E-state index contributed by atoms with van der Waals surface area (Å²) in [5, 5.41) is 0. The number of benzene rings is 1. The van der Waals surface area contributed by atoms with E-state index in [1.807, 2.05) is 25.1 Å². The Morgan fingerprint density at radius 1 is 1.17 bits per heavy atom. The van der Waals surface area contributed by atoms with Crippen molar-refractivity contribution in [3.63, 3.8) is 0 Å². The Morgan fingerprint density at radius 3 is 2.11 bits per heavy atom. The molecule has 0 radical (unpaired) electrons. The van der Waals surface area contributed by atoms with Crippen molar-refractivity contribution in [3.8, 4) is 5.75 Å². The van der Waals surface area contributed by atoms with E-state index in [0.717, 1.165) is 18.8 Å². The minimum atomic E-state index is -1.78. The van der Waals surface area contributed by atoms with Crippen LogP contribution in [-0.2, 0) is 4.52 Å². The summed E-state index contributed by atoms with van der Waals surface area (Å²) < 4.78 is 10.6. The van der Waals surface area contributed by atoms with E-state index in [1.54, 1.807) is 12.1 Å². The summed E-state index contributed by atoms with van der Waals surface area (Å²) in [7, 11) is -1.78. The zero-order valence-corrected chi connectivity index (χ0v) is 12.5. The van der Waals surface area contributed by atoms with Gasteiger partial charge in [-0.1, -0.05) is 39.0 Å². The van der Waals surface area contributed by atoms with Gasteiger partial charge in [0.2, 0.25) is 0 Å². The van der Waals surface area contributed by atoms with Crippen LogP contribution < -0.4 is 4.52 Å². The molecule has 18 heavy (non-hydrogen) atoms. The van der Waals surface area contributed by atoms with Crippen molar-refractivity contribution in [3.05, 3.63) is 30.3 Å². The van der Waals surface area contributed by atoms with Crippen LogP contribution in [0.25, 0.3) is 0 Å². The highest BCUT2D eigenvalue weighted by Gasteiger charge is 2.42. The molecule has 2 rings (SSSR count). The molecule has 0 spiro atoms. The molecule has 1 N–H and O–H groups in total. The van der Waals surface area contributed by atoms with Crippen LogP contribution in [0.3, 0.4) is 0 Å². The van der Waals surface area contributed by atoms with Gasteiger partial charge in [0.25, 0.3) is 0 Å². The van der Waals surface area contributed by atoms with Crippen LogP contribution in [0.2, 0.25) is 0 Å². The van der Waals surface area contributed by atoms with Crippen LogP contribution in [0.1, 0.15) is 40.5 Å². The highest BCUT2D eigenvalue weighted by Crippen LogP contribution is 2.49. The molecule has 1 aliphatic carbocycles. The molecule has 1 atom stereocenters. The van der Waals surface area contributed by atoms with Crippen molar-refractivity contribution in [2.24, 2.45) is 5.92 Å². The lowest BCUT2D eigenvalue weighted by atomic mass is 10.3. The quantitative estimate of drug-likeness (QED) is 0.818. The van der Waals surface area contributed by atoms with Crippen molar-refractivity contribution in [2.75, 3.05) is 0 Å². The minimum Gasteiger partial charge on any atom is -0.427 e. The zero-order chi connectivity index (χ0) is 13.6. The van der Waals surface area contributed by atoms with Crippen molar-refractivity contribution in [2.45, 2.75) is 46.1 Å². The van der Waals surface area contributed by atoms with E-state index in [-0.39, 0.29) is 5.60 Å². The van der Waals surface area contributed by atoms with Crippen LogP contribution in [0.15, 0.2) is 30.3 Å². The van der Waals surface area contributed by atoms with E-state index >= 15 is 0 Å². The summed E-state index contributed by atoms with van der Waals surface area (Å²) in [5.41, 5.74) is -0.144. The van der Waals surface area contributed by atoms with Gasteiger partial charge >= 0.3 is 8.60 Å². The number of hydrogen-bond donors (Lipinski definition) is 1. The van der Waals surface area contributed by atoms with Gasteiger partial charge in [0, 0.05) is 0 Å². The number of hydrogen-bond acceptors (Lipinski definition) is 3. The zero-order valence-electron chi connectivity index (χ0n) is 11.6. The maximum atomic E-state index is 9.50. The van der Waals surface area contributed by atoms with E-state index in [1.165, 1.54) is 0 Å². The average Bonchev–Trinajstić information content (AvgIpc) is 2.96. The van der Waals surface area contributed by atoms with E-state index in [0.29, 0.717) is 5.75 Å². The van der Waals surface area contributed by atoms with Crippen LogP contribution in [-0.4, -0.2) is 10.5 Å². The number of para-hydroxylation sites is 1. The molecule has 0 aromatic heterocycles. The van der Waals surface area contributed by atoms with Crippen molar-refractivity contribution in [1.29, 1.82) is 0 Å². The van der Waals surface area contributed by atoms with Crippen molar-refractivity contribution < 1.29 is 13.9 Å². The molecule has 102 valence electrons. The molecule has 0 saturated heterocycles. The SMILES string of the molecule is CC(C)C.CC1(OP(O)Oc2ccccc2)CC1. The highest BCUT2D eigenvalue weighted by atomic mass is 31.2. The Bertz CT molecular complexity index is 333. The summed E-state index contributed by atoms with van der Waals surface area (Å²) in [6.45, 7) is 8.48. The predicted octanol–water partition coefficient (Wildman–Crippen LogP) is 4.52. The fourth-order valence-corrected chi connectivity index (χ4v) is 1.94. The van der Waals surface area contributed by atoms with Crippen LogP contribution in [0, 0.1) is 5.92 Å². The maximum absolute atomic E-state index is 9.50. The third kappa shape index (κ3) is 6.95. The molecule has 1 saturated carbocycles. The second-order valence-electron chi connectivity index (χ2n) is 5.42. The Kier molecular flexibility index (Phi) is 6.07. The number of rotatable bonds is 4. The second-order valence-corrected chi connectivity index (χ2v) is 6.26. The Labute approximate surface area is 111 Å². The van der Waals surface area contributed by atoms with E-state index < -0.39 is 8.60 Å². The fraction of sp³-hybridized carbons (Fsp3) is 0.571. The average molecular weight is 270 g/mol. The summed E-state index contributed by atoms with van der Waals surface area (Å²) in [5.74, 6) is 1.48. The first-order valence-corrected chi connectivity index (χ1v) is 7.45. The summed E-state index contributed by atoms with van der Waals surface area (Å²) in [6, 6.07) is 9.21. The van der Waals surface area contributed by atoms with Gasteiger partial charge in [-0.2, -0.15) is 0 Å². The Hall–Kier alpha value is -0.630. The molecule has 0 amide bonds. The molecule has 0 aliphatic heterocycles. The normalized spacial score (nSPS) is 17.7. The van der Waals surface area contributed by atoms with E-state index in [4.69, 9.17) is 9.05 Å². The standard InChI is InChI=1S/C10H13O3P.C4H10/c1-10(7-8-10)13-14(11)12-9-5-3-2-4-6-9;1-4(2)3/h2-6,11H,7-8H2,1H3;4H,1-3H3. The second kappa shape index (κ2) is 7.08. The van der Waals surface area contributed by atoms with Gasteiger partial charge in [-0.3, -0.25) is 4.52 Å². The summed E-state index contributed by atoms with van der Waals surface area (Å²) in [4.78, 5) is 9.50. The molecule has 0 heterocycles. The fourth-order valence-electron chi connectivity index (χ4n) is 1.05. The minimum absolute atomic E-state index is 0.144. The van der Waals surface area contributed by atoms with E-state index in [9.17, 15) is 4.89 Å². The Morgan fingerprint density at radius 2 is 1.67 bits per heavy atom. The molecule has 3 nitrogen and oxygen atoms in total. The largest absolute Gasteiger partial charge is 0.427 e. The Balaban J connectivity index is 0.000000357. The first-order valence-electron chi connectivity index (χ1n) is 6.32. The highest BCUT2D eigenvalue weighted by molar-refractivity contribution is 7.41. The monoisotopic (exact) mass is 270 g/mol. The third-order valence-corrected chi connectivity index (χ3v) is 3.14. The molecule has 1 aliphatic rings. The molecular weight excluding hydrogens is 247 g/mol. The third-order valence-electron chi connectivity index (χ3n) is 2.18. The smallest absolute Gasteiger partial charge is 0.394 e. The molecule has 1 aromatic carbocycles. The maximum Gasteiger partial charge on any atom is 0.394 e. The van der Waals surface area contributed by atoms with Crippen molar-refractivity contribution >= 4 is 8.60 Å². The molecule has 1 aromatic rings. The van der Waals surface area contributed by atoms with E-state index in [2.05, 4.69) is 20.8 Å². The van der Waals surface area contributed by atoms with Crippen LogP contribution in [0.5, 0.6) is 5.75 Å². The molecule has 0 bridgehead atoms. The van der Waals surface area contributed by atoms with Gasteiger partial charge < -0.3 is 9.42 Å². The van der Waals surface area contributed by atoms with Gasteiger partial charge in [0.1, 0.15) is 5.75 Å². The molecule has 4 heteroatoms. The van der Waals surface area contributed by atoms with Gasteiger partial charge in [-0.15, -0.1) is 0 Å².